The molecule has 5 nitrogen and oxygen atoms in total. The summed E-state index contributed by atoms with van der Waals surface area (Å²) in [6.07, 6.45) is 5.19. The van der Waals surface area contributed by atoms with Crippen molar-refractivity contribution >= 4 is 17.7 Å². The monoisotopic (exact) mass is 354 g/mol. The largest absolute Gasteiger partial charge is 0.480 e. The zero-order valence-electron chi connectivity index (χ0n) is 13.7. The summed E-state index contributed by atoms with van der Waals surface area (Å²) >= 11 is 1.19. The van der Waals surface area contributed by atoms with E-state index in [1.165, 1.54) is 17.3 Å². The van der Waals surface area contributed by atoms with Crippen molar-refractivity contribution in [3.05, 3.63) is 45.7 Å². The van der Waals surface area contributed by atoms with Crippen LogP contribution in [0, 0.1) is 0 Å². The number of carboxylic acids is 1. The molecule has 0 unspecified atom stereocenters. The van der Waals surface area contributed by atoms with E-state index in [1.54, 1.807) is 4.57 Å². The van der Waals surface area contributed by atoms with E-state index in [-0.39, 0.29) is 17.5 Å². The molecule has 1 fully saturated rings. The molecule has 0 amide bonds. The molecule has 2 aliphatic carbocycles. The third-order valence-corrected chi connectivity index (χ3v) is 7.06. The van der Waals surface area contributed by atoms with Crippen molar-refractivity contribution in [3.8, 4) is 11.3 Å². The highest BCUT2D eigenvalue weighted by Gasteiger charge is 2.45. The Kier molecular flexibility index (Phi) is 3.17. The van der Waals surface area contributed by atoms with Crippen LogP contribution in [0.3, 0.4) is 0 Å². The third-order valence-electron chi connectivity index (χ3n) is 5.90. The van der Waals surface area contributed by atoms with Gasteiger partial charge in [0.1, 0.15) is 5.25 Å². The van der Waals surface area contributed by atoms with Gasteiger partial charge in [-0.1, -0.05) is 48.9 Å². The second-order valence-electron chi connectivity index (χ2n) is 7.30. The number of rotatable bonds is 1. The first kappa shape index (κ1) is 15.2. The number of aromatic nitrogens is 2. The summed E-state index contributed by atoms with van der Waals surface area (Å²) < 4.78 is 1.59. The number of thioether (sulfide) groups is 1. The number of fused-ring (bicyclic) bond motifs is 5. The average molecular weight is 354 g/mol. The lowest BCUT2D eigenvalue weighted by atomic mass is 9.68. The maximum atomic E-state index is 13.4. The fraction of sp³-hybridized carbons (Fsp3) is 0.421. The van der Waals surface area contributed by atoms with Crippen LogP contribution in [0.25, 0.3) is 11.3 Å². The van der Waals surface area contributed by atoms with Crippen LogP contribution in [0.1, 0.15) is 36.8 Å². The molecule has 1 aromatic carbocycles. The number of aliphatic carboxylic acids is 1. The smallest absolute Gasteiger partial charge is 0.318 e. The Labute approximate surface area is 149 Å². The molecule has 3 aliphatic rings. The molecular formula is C19H18N2O3S. The SMILES string of the molecule is O=C(O)[C@@H]1Cn2c(nc3c(c2=O)C2(CCCC2)Cc2ccccc2-3)S1. The predicted molar refractivity (Wildman–Crippen MR) is 95.1 cm³/mol. The molecule has 128 valence electrons. The van der Waals surface area contributed by atoms with Gasteiger partial charge in [-0.2, -0.15) is 0 Å². The van der Waals surface area contributed by atoms with Crippen molar-refractivity contribution in [2.75, 3.05) is 0 Å². The standard InChI is InChI=1S/C19H18N2O3S/c22-16-14-15(20-18-21(16)10-13(25-18)17(23)24)12-6-2-1-5-11(12)9-19(14)7-3-4-8-19/h1-2,5-6,13H,3-4,7-10H2,(H,23,24)/t13-/m0/s1. The Morgan fingerprint density at radius 2 is 2.04 bits per heavy atom. The van der Waals surface area contributed by atoms with Gasteiger partial charge in [0.15, 0.2) is 5.16 Å². The normalized spacial score (nSPS) is 22.5. The highest BCUT2D eigenvalue weighted by molar-refractivity contribution is 8.00. The van der Waals surface area contributed by atoms with Crippen molar-refractivity contribution < 1.29 is 9.90 Å². The molecule has 1 atom stereocenters. The second kappa shape index (κ2) is 5.21. The van der Waals surface area contributed by atoms with E-state index in [0.29, 0.717) is 5.16 Å². The molecule has 5 rings (SSSR count). The molecule has 0 saturated heterocycles. The summed E-state index contributed by atoms with van der Waals surface area (Å²) in [6.45, 7) is 0.214. The van der Waals surface area contributed by atoms with Crippen LogP contribution < -0.4 is 5.56 Å². The highest BCUT2D eigenvalue weighted by Crippen LogP contribution is 2.50. The molecule has 1 aromatic heterocycles. The minimum Gasteiger partial charge on any atom is -0.480 e. The first-order valence-electron chi connectivity index (χ1n) is 8.72. The average Bonchev–Trinajstić information content (AvgIpc) is 3.22. The minimum absolute atomic E-state index is 0.0207. The maximum absolute atomic E-state index is 13.4. The van der Waals surface area contributed by atoms with Crippen LogP contribution >= 0.6 is 11.8 Å². The molecule has 6 heteroatoms. The number of hydrogen-bond donors (Lipinski definition) is 1. The number of hydrogen-bond acceptors (Lipinski definition) is 4. The van der Waals surface area contributed by atoms with Gasteiger partial charge in [0.05, 0.1) is 17.8 Å². The van der Waals surface area contributed by atoms with Crippen molar-refractivity contribution in [3.63, 3.8) is 0 Å². The number of benzene rings is 1. The van der Waals surface area contributed by atoms with Crippen LogP contribution in [0.5, 0.6) is 0 Å². The molecule has 1 aliphatic heterocycles. The van der Waals surface area contributed by atoms with Crippen molar-refractivity contribution in [2.45, 2.75) is 54.5 Å². The van der Waals surface area contributed by atoms with Crippen LogP contribution in [0.4, 0.5) is 0 Å². The van der Waals surface area contributed by atoms with Crippen LogP contribution in [-0.2, 0) is 23.2 Å². The van der Waals surface area contributed by atoms with Gasteiger partial charge in [-0.05, 0) is 24.8 Å². The summed E-state index contributed by atoms with van der Waals surface area (Å²) in [6, 6.07) is 8.20. The van der Waals surface area contributed by atoms with E-state index in [9.17, 15) is 14.7 Å². The molecule has 25 heavy (non-hydrogen) atoms. The Hall–Kier alpha value is -2.08. The topological polar surface area (TPSA) is 72.2 Å². The Balaban J connectivity index is 1.79. The highest BCUT2D eigenvalue weighted by atomic mass is 32.2. The van der Waals surface area contributed by atoms with E-state index in [0.717, 1.165) is 48.9 Å². The maximum Gasteiger partial charge on any atom is 0.318 e. The number of carboxylic acid groups (broad SMARTS) is 1. The Morgan fingerprint density at radius 1 is 1.28 bits per heavy atom. The molecule has 1 saturated carbocycles. The lowest BCUT2D eigenvalue weighted by molar-refractivity contribution is -0.136. The van der Waals surface area contributed by atoms with Crippen LogP contribution in [0.15, 0.2) is 34.2 Å². The van der Waals surface area contributed by atoms with E-state index in [1.807, 2.05) is 18.2 Å². The van der Waals surface area contributed by atoms with Gasteiger partial charge >= 0.3 is 5.97 Å². The molecule has 1 spiro atoms. The third kappa shape index (κ3) is 2.06. The fourth-order valence-electron chi connectivity index (χ4n) is 4.75. The summed E-state index contributed by atoms with van der Waals surface area (Å²) in [5, 5.41) is 9.26. The molecular weight excluding hydrogens is 336 g/mol. The summed E-state index contributed by atoms with van der Waals surface area (Å²) in [5.74, 6) is -0.885. The van der Waals surface area contributed by atoms with Gasteiger partial charge in [0.2, 0.25) is 0 Å². The molecule has 0 bridgehead atoms. The van der Waals surface area contributed by atoms with Crippen LogP contribution in [-0.4, -0.2) is 25.9 Å². The summed E-state index contributed by atoms with van der Waals surface area (Å²) in [5.41, 5.74) is 3.77. The summed E-state index contributed by atoms with van der Waals surface area (Å²) in [7, 11) is 0. The van der Waals surface area contributed by atoms with E-state index in [2.05, 4.69) is 6.07 Å². The van der Waals surface area contributed by atoms with Crippen molar-refractivity contribution in [1.82, 2.24) is 9.55 Å². The Morgan fingerprint density at radius 3 is 2.80 bits per heavy atom. The lowest BCUT2D eigenvalue weighted by Gasteiger charge is -2.36. The first-order valence-corrected chi connectivity index (χ1v) is 9.60. The molecule has 2 aromatic rings. The fourth-order valence-corrected chi connectivity index (χ4v) is 5.76. The molecule has 1 N–H and O–H groups in total. The molecule has 2 heterocycles. The molecule has 0 radical (unpaired) electrons. The van der Waals surface area contributed by atoms with Gasteiger partial charge in [-0.15, -0.1) is 0 Å². The van der Waals surface area contributed by atoms with Gasteiger partial charge in [-0.3, -0.25) is 14.2 Å². The Bertz CT molecular complexity index is 960. The first-order chi connectivity index (χ1) is 12.1. The summed E-state index contributed by atoms with van der Waals surface area (Å²) in [4.78, 5) is 29.6. The zero-order chi connectivity index (χ0) is 17.2. The van der Waals surface area contributed by atoms with E-state index in [4.69, 9.17) is 4.98 Å². The zero-order valence-corrected chi connectivity index (χ0v) is 14.5. The number of nitrogens with zero attached hydrogens (tertiary/aromatic N) is 2. The van der Waals surface area contributed by atoms with Crippen LogP contribution in [0.2, 0.25) is 0 Å². The number of carbonyl (C=O) groups is 1. The van der Waals surface area contributed by atoms with Crippen molar-refractivity contribution in [2.24, 2.45) is 0 Å². The van der Waals surface area contributed by atoms with Gasteiger partial charge in [0.25, 0.3) is 5.56 Å². The quantitative estimate of drug-likeness (QED) is 0.797. The van der Waals surface area contributed by atoms with Gasteiger partial charge in [0, 0.05) is 11.0 Å². The van der Waals surface area contributed by atoms with Gasteiger partial charge in [-0.25, -0.2) is 4.98 Å². The van der Waals surface area contributed by atoms with E-state index < -0.39 is 11.2 Å². The van der Waals surface area contributed by atoms with E-state index >= 15 is 0 Å². The van der Waals surface area contributed by atoms with Gasteiger partial charge < -0.3 is 5.11 Å². The second-order valence-corrected chi connectivity index (χ2v) is 8.47. The minimum atomic E-state index is -0.885. The van der Waals surface area contributed by atoms with Crippen molar-refractivity contribution in [1.29, 1.82) is 0 Å². The predicted octanol–water partition coefficient (Wildman–Crippen LogP) is 2.84. The lowest BCUT2D eigenvalue weighted by Crippen LogP contribution is -2.40.